The van der Waals surface area contributed by atoms with Crippen molar-refractivity contribution in [1.29, 1.82) is 5.26 Å². The van der Waals surface area contributed by atoms with E-state index in [2.05, 4.69) is 0 Å². The predicted octanol–water partition coefficient (Wildman–Crippen LogP) is 3.28. The number of alkyl halides is 3. The third-order valence-corrected chi connectivity index (χ3v) is 4.43. The molecule has 0 aliphatic carbocycles. The predicted molar refractivity (Wildman–Crippen MR) is 92.4 cm³/mol. The number of esters is 1. The Morgan fingerprint density at radius 1 is 1.29 bits per heavy atom. The number of hydrogen-bond acceptors (Lipinski definition) is 6. The van der Waals surface area contributed by atoms with Crippen LogP contribution in [0.1, 0.15) is 30.9 Å². The van der Waals surface area contributed by atoms with Gasteiger partial charge in [0.25, 0.3) is 0 Å². The fraction of sp³-hybridized carbons (Fsp3) is 0.474. The summed E-state index contributed by atoms with van der Waals surface area (Å²) in [5, 5.41) is 9.54. The Labute approximate surface area is 160 Å². The first-order valence-corrected chi connectivity index (χ1v) is 8.65. The van der Waals surface area contributed by atoms with Crippen molar-refractivity contribution in [2.45, 2.75) is 38.7 Å². The van der Waals surface area contributed by atoms with E-state index < -0.39 is 42.3 Å². The van der Waals surface area contributed by atoms with Gasteiger partial charge in [-0.2, -0.15) is 18.4 Å². The second-order valence-electron chi connectivity index (χ2n) is 6.21. The molecule has 1 aliphatic rings. The van der Waals surface area contributed by atoms with E-state index in [0.717, 1.165) is 5.56 Å². The second-order valence-corrected chi connectivity index (χ2v) is 6.21. The maximum Gasteiger partial charge on any atom is 0.456 e. The van der Waals surface area contributed by atoms with Crippen molar-refractivity contribution in [3.8, 4) is 6.07 Å². The van der Waals surface area contributed by atoms with Crippen molar-refractivity contribution in [1.82, 2.24) is 0 Å². The van der Waals surface area contributed by atoms with Gasteiger partial charge in [0.05, 0.1) is 12.2 Å². The Kier molecular flexibility index (Phi) is 6.24. The smallest absolute Gasteiger partial charge is 0.456 e. The first-order chi connectivity index (χ1) is 13.1. The maximum atomic E-state index is 14.2. The van der Waals surface area contributed by atoms with Crippen LogP contribution in [0.3, 0.4) is 0 Å². The SMILES string of the molecule is CCOC(=O)C1C(c2ccc(C)cc2)C(C#N)=C(N)OC1(OCC)C(F)(F)F. The van der Waals surface area contributed by atoms with E-state index in [1.807, 2.05) is 0 Å². The molecule has 0 amide bonds. The molecule has 0 aromatic heterocycles. The molecule has 2 N–H and O–H groups in total. The van der Waals surface area contributed by atoms with Gasteiger partial charge < -0.3 is 19.9 Å². The molecule has 0 fully saturated rings. The van der Waals surface area contributed by atoms with Crippen LogP contribution in [0.4, 0.5) is 13.2 Å². The normalized spacial score (nSPS) is 25.0. The molecular formula is C19H21F3N2O4. The molecular weight excluding hydrogens is 377 g/mol. The van der Waals surface area contributed by atoms with Crippen molar-refractivity contribution < 1.29 is 32.2 Å². The third kappa shape index (κ3) is 3.64. The molecule has 1 heterocycles. The highest BCUT2D eigenvalue weighted by atomic mass is 19.4. The van der Waals surface area contributed by atoms with Gasteiger partial charge in [0.2, 0.25) is 5.88 Å². The van der Waals surface area contributed by atoms with Gasteiger partial charge in [-0.15, -0.1) is 0 Å². The Morgan fingerprint density at radius 2 is 1.89 bits per heavy atom. The van der Waals surface area contributed by atoms with Crippen LogP contribution in [0.5, 0.6) is 0 Å². The highest BCUT2D eigenvalue weighted by molar-refractivity contribution is 5.77. The van der Waals surface area contributed by atoms with Crippen LogP contribution in [0.15, 0.2) is 35.7 Å². The summed E-state index contributed by atoms with van der Waals surface area (Å²) in [7, 11) is 0. The summed E-state index contributed by atoms with van der Waals surface area (Å²) in [5.41, 5.74) is 6.54. The Bertz CT molecular complexity index is 799. The number of ether oxygens (including phenoxy) is 3. The molecule has 1 aromatic carbocycles. The molecule has 9 heteroatoms. The quantitative estimate of drug-likeness (QED) is 0.765. The van der Waals surface area contributed by atoms with E-state index in [-0.39, 0.29) is 12.2 Å². The summed E-state index contributed by atoms with van der Waals surface area (Å²) in [6.45, 7) is 4.03. The minimum Gasteiger partial charge on any atom is -0.466 e. The lowest BCUT2D eigenvalue weighted by Crippen LogP contribution is -2.62. The van der Waals surface area contributed by atoms with Crippen LogP contribution in [0.25, 0.3) is 0 Å². The average molecular weight is 398 g/mol. The highest BCUT2D eigenvalue weighted by Crippen LogP contribution is 2.53. The fourth-order valence-corrected chi connectivity index (χ4v) is 3.25. The summed E-state index contributed by atoms with van der Waals surface area (Å²) >= 11 is 0. The summed E-state index contributed by atoms with van der Waals surface area (Å²) in [6.07, 6.45) is -5.13. The zero-order chi connectivity index (χ0) is 21.1. The number of rotatable bonds is 5. The molecule has 0 saturated heterocycles. The van der Waals surface area contributed by atoms with E-state index >= 15 is 0 Å². The van der Waals surface area contributed by atoms with Crippen LogP contribution in [-0.4, -0.2) is 31.1 Å². The molecule has 0 spiro atoms. The summed E-state index contributed by atoms with van der Waals surface area (Å²) in [4.78, 5) is 12.7. The number of benzene rings is 1. The van der Waals surface area contributed by atoms with E-state index in [9.17, 15) is 23.2 Å². The van der Waals surface area contributed by atoms with Crippen molar-refractivity contribution in [2.75, 3.05) is 13.2 Å². The number of halogens is 3. The molecule has 6 nitrogen and oxygen atoms in total. The van der Waals surface area contributed by atoms with Gasteiger partial charge in [0, 0.05) is 12.5 Å². The molecule has 2 rings (SSSR count). The van der Waals surface area contributed by atoms with Crippen molar-refractivity contribution in [3.05, 3.63) is 46.8 Å². The molecule has 0 radical (unpaired) electrons. The van der Waals surface area contributed by atoms with Gasteiger partial charge in [-0.1, -0.05) is 29.8 Å². The lowest BCUT2D eigenvalue weighted by Gasteiger charge is -2.45. The number of nitrogens with two attached hydrogens (primary N) is 1. The summed E-state index contributed by atoms with van der Waals surface area (Å²) in [6, 6.07) is 8.17. The van der Waals surface area contributed by atoms with Crippen LogP contribution >= 0.6 is 0 Å². The molecule has 1 aromatic rings. The van der Waals surface area contributed by atoms with Crippen molar-refractivity contribution >= 4 is 5.97 Å². The average Bonchev–Trinajstić information content (AvgIpc) is 2.61. The van der Waals surface area contributed by atoms with Crippen LogP contribution in [0.2, 0.25) is 0 Å². The van der Waals surface area contributed by atoms with Gasteiger partial charge in [-0.25, -0.2) is 0 Å². The standard InChI is InChI=1S/C19H21F3N2O4/c1-4-26-17(25)15-14(12-8-6-11(3)7-9-12)13(10-23)16(24)28-18(15,27-5-2)19(20,21)22/h6-9,14-15H,4-5,24H2,1-3H3. The van der Waals surface area contributed by atoms with E-state index in [1.165, 1.54) is 26.0 Å². The number of hydrogen-bond donors (Lipinski definition) is 1. The van der Waals surface area contributed by atoms with Crippen molar-refractivity contribution in [2.24, 2.45) is 11.7 Å². The van der Waals surface area contributed by atoms with Gasteiger partial charge in [0.15, 0.2) is 0 Å². The largest absolute Gasteiger partial charge is 0.466 e. The number of carbonyl (C=O) groups is 1. The Morgan fingerprint density at radius 3 is 2.36 bits per heavy atom. The number of allylic oxidation sites excluding steroid dienone is 1. The molecule has 152 valence electrons. The number of nitrogens with zero attached hydrogens (tertiary/aromatic N) is 1. The topological polar surface area (TPSA) is 94.6 Å². The van der Waals surface area contributed by atoms with Crippen LogP contribution in [-0.2, 0) is 19.0 Å². The number of aryl methyl sites for hydroxylation is 1. The number of nitriles is 1. The monoisotopic (exact) mass is 398 g/mol. The highest BCUT2D eigenvalue weighted by Gasteiger charge is 2.71. The van der Waals surface area contributed by atoms with Gasteiger partial charge in [0.1, 0.15) is 12.0 Å². The molecule has 0 bridgehead atoms. The summed E-state index contributed by atoms with van der Waals surface area (Å²) in [5.74, 6) is -8.68. The lowest BCUT2D eigenvalue weighted by atomic mass is 9.74. The zero-order valence-corrected chi connectivity index (χ0v) is 15.7. The van der Waals surface area contributed by atoms with E-state index in [4.69, 9.17) is 19.9 Å². The molecule has 3 atom stereocenters. The van der Waals surface area contributed by atoms with Gasteiger partial charge in [-0.3, -0.25) is 4.79 Å². The van der Waals surface area contributed by atoms with Crippen molar-refractivity contribution in [3.63, 3.8) is 0 Å². The fourth-order valence-electron chi connectivity index (χ4n) is 3.25. The first kappa shape index (κ1) is 21.6. The maximum absolute atomic E-state index is 14.2. The molecule has 0 saturated carbocycles. The third-order valence-electron chi connectivity index (χ3n) is 4.43. The molecule has 3 unspecified atom stereocenters. The van der Waals surface area contributed by atoms with Gasteiger partial charge in [-0.05, 0) is 26.3 Å². The van der Waals surface area contributed by atoms with Gasteiger partial charge >= 0.3 is 17.9 Å². The second kappa shape index (κ2) is 8.10. The van der Waals surface area contributed by atoms with Crippen LogP contribution < -0.4 is 5.73 Å². The number of carbonyl (C=O) groups excluding carboxylic acids is 1. The first-order valence-electron chi connectivity index (χ1n) is 8.65. The summed E-state index contributed by atoms with van der Waals surface area (Å²) < 4.78 is 57.3. The van der Waals surface area contributed by atoms with E-state index in [0.29, 0.717) is 5.56 Å². The minimum absolute atomic E-state index is 0.156. The molecule has 1 aliphatic heterocycles. The van der Waals surface area contributed by atoms with Crippen LogP contribution in [0, 0.1) is 24.2 Å². The molecule has 28 heavy (non-hydrogen) atoms. The minimum atomic E-state index is -5.13. The lowest BCUT2D eigenvalue weighted by molar-refractivity contribution is -0.391. The Hall–Kier alpha value is -2.73. The zero-order valence-electron chi connectivity index (χ0n) is 15.7. The Balaban J connectivity index is 2.82. The van der Waals surface area contributed by atoms with E-state index in [1.54, 1.807) is 25.1 Å².